The molecule has 7 nitrogen and oxygen atoms in total. The number of halogens is 1. The smallest absolute Gasteiger partial charge is 0.243 e. The van der Waals surface area contributed by atoms with Gasteiger partial charge in [-0.15, -0.1) is 0 Å². The van der Waals surface area contributed by atoms with Gasteiger partial charge in [-0.3, -0.25) is 9.69 Å². The summed E-state index contributed by atoms with van der Waals surface area (Å²) in [7, 11) is -3.75. The summed E-state index contributed by atoms with van der Waals surface area (Å²) in [5.74, 6) is -0.122. The monoisotopic (exact) mass is 472 g/mol. The highest BCUT2D eigenvalue weighted by Gasteiger charge is 2.33. The van der Waals surface area contributed by atoms with E-state index in [1.807, 2.05) is 0 Å². The molecule has 1 amide bonds. The predicted molar refractivity (Wildman–Crippen MR) is 113 cm³/mol. The molecular formula is C19H29BrN4O3S. The van der Waals surface area contributed by atoms with Crippen molar-refractivity contribution in [3.8, 4) is 0 Å². The van der Waals surface area contributed by atoms with Crippen LogP contribution in [0.15, 0.2) is 33.6 Å². The van der Waals surface area contributed by atoms with Gasteiger partial charge >= 0.3 is 0 Å². The van der Waals surface area contributed by atoms with Crippen molar-refractivity contribution >= 4 is 31.9 Å². The third-order valence-corrected chi connectivity index (χ3v) is 7.91. The van der Waals surface area contributed by atoms with Crippen LogP contribution in [0.2, 0.25) is 0 Å². The van der Waals surface area contributed by atoms with E-state index in [4.69, 9.17) is 0 Å². The second kappa shape index (κ2) is 9.67. The zero-order valence-corrected chi connectivity index (χ0v) is 18.7. The molecule has 1 aromatic rings. The first-order chi connectivity index (χ1) is 13.4. The summed E-state index contributed by atoms with van der Waals surface area (Å²) in [6.07, 6.45) is 2.03. The zero-order valence-electron chi connectivity index (χ0n) is 16.3. The van der Waals surface area contributed by atoms with E-state index in [9.17, 15) is 13.2 Å². The fourth-order valence-electron chi connectivity index (χ4n) is 3.92. The summed E-state index contributed by atoms with van der Waals surface area (Å²) >= 11 is 3.35. The number of rotatable bonds is 7. The summed E-state index contributed by atoms with van der Waals surface area (Å²) in [6, 6.07) is 6.78. The number of benzene rings is 1. The number of piperazine rings is 1. The highest BCUT2D eigenvalue weighted by molar-refractivity contribution is 9.10. The van der Waals surface area contributed by atoms with Gasteiger partial charge < -0.3 is 10.2 Å². The van der Waals surface area contributed by atoms with Gasteiger partial charge in [-0.25, -0.2) is 8.42 Å². The molecule has 0 aliphatic carbocycles. The third kappa shape index (κ3) is 5.13. The van der Waals surface area contributed by atoms with Gasteiger partial charge in [0, 0.05) is 43.2 Å². The summed E-state index contributed by atoms with van der Waals surface area (Å²) in [4.78, 5) is 17.1. The number of nitrogens with one attached hydrogen (secondary N) is 1. The summed E-state index contributed by atoms with van der Waals surface area (Å²) in [5.41, 5.74) is 0. The Morgan fingerprint density at radius 3 is 2.54 bits per heavy atom. The topological polar surface area (TPSA) is 73.0 Å². The van der Waals surface area contributed by atoms with Crippen molar-refractivity contribution in [2.45, 2.75) is 30.7 Å². The first-order valence-corrected chi connectivity index (χ1v) is 12.1. The van der Waals surface area contributed by atoms with Gasteiger partial charge in [0.05, 0.1) is 11.4 Å². The number of carbonyl (C=O) groups is 1. The van der Waals surface area contributed by atoms with Crippen molar-refractivity contribution in [3.05, 3.63) is 28.7 Å². The number of nitrogens with zero attached hydrogens (tertiary/aromatic N) is 3. The van der Waals surface area contributed by atoms with E-state index < -0.39 is 10.0 Å². The van der Waals surface area contributed by atoms with Crippen molar-refractivity contribution in [1.82, 2.24) is 19.4 Å². The van der Waals surface area contributed by atoms with E-state index in [1.54, 1.807) is 29.2 Å². The van der Waals surface area contributed by atoms with E-state index in [-0.39, 0.29) is 23.4 Å². The number of likely N-dealkylation sites (N-methyl/N-ethyl adjacent to an activating group) is 1. The van der Waals surface area contributed by atoms with Gasteiger partial charge in [0.2, 0.25) is 15.9 Å². The van der Waals surface area contributed by atoms with Gasteiger partial charge in [0.15, 0.2) is 0 Å². The van der Waals surface area contributed by atoms with Gasteiger partial charge in [-0.2, -0.15) is 4.31 Å². The lowest BCUT2D eigenvalue weighted by Crippen LogP contribution is -2.52. The number of likely N-dealkylation sites (tertiary alicyclic amines) is 1. The van der Waals surface area contributed by atoms with Gasteiger partial charge in [-0.05, 0) is 50.2 Å². The molecule has 28 heavy (non-hydrogen) atoms. The van der Waals surface area contributed by atoms with Crippen LogP contribution in [0.5, 0.6) is 0 Å². The molecule has 0 radical (unpaired) electrons. The largest absolute Gasteiger partial charge is 0.339 e. The van der Waals surface area contributed by atoms with Gasteiger partial charge in [0.25, 0.3) is 0 Å². The lowest BCUT2D eigenvalue weighted by Gasteiger charge is -2.32. The Balaban J connectivity index is 1.82. The molecule has 1 aromatic carbocycles. The zero-order chi connectivity index (χ0) is 20.1. The Bertz CT molecular complexity index is 766. The number of hydrogen-bond donors (Lipinski definition) is 1. The van der Waals surface area contributed by atoms with Crippen LogP contribution >= 0.6 is 15.9 Å². The molecule has 0 bridgehead atoms. The van der Waals surface area contributed by atoms with Gasteiger partial charge in [0.1, 0.15) is 0 Å². The molecule has 2 saturated heterocycles. The van der Waals surface area contributed by atoms with Crippen LogP contribution in [0.25, 0.3) is 0 Å². The molecule has 1 unspecified atom stereocenters. The van der Waals surface area contributed by atoms with Crippen LogP contribution in [0.4, 0.5) is 0 Å². The van der Waals surface area contributed by atoms with E-state index in [0.29, 0.717) is 19.6 Å². The highest BCUT2D eigenvalue weighted by atomic mass is 79.9. The minimum Gasteiger partial charge on any atom is -0.339 e. The van der Waals surface area contributed by atoms with Crippen LogP contribution in [-0.2, 0) is 14.8 Å². The molecule has 9 heteroatoms. The molecule has 2 aliphatic heterocycles. The van der Waals surface area contributed by atoms with Crippen molar-refractivity contribution in [2.75, 3.05) is 52.4 Å². The van der Waals surface area contributed by atoms with E-state index >= 15 is 0 Å². The Morgan fingerprint density at radius 2 is 1.89 bits per heavy atom. The Hall–Kier alpha value is -1.00. The molecule has 2 heterocycles. The number of hydrogen-bond acceptors (Lipinski definition) is 5. The number of amides is 1. The first kappa shape index (κ1) is 21.7. The standard InChI is InChI=1S/C19H29BrN4O3S/c1-2-22-11-3-4-17(22)14-24(15-19(25)23-12-9-21-10-13-23)28(26,27)18-7-5-16(20)6-8-18/h5-8,17,21H,2-4,9-15H2,1H3. The molecule has 0 aromatic heterocycles. The molecule has 2 aliphatic rings. The number of sulfonamides is 1. The van der Waals surface area contributed by atoms with Gasteiger partial charge in [-0.1, -0.05) is 22.9 Å². The fraction of sp³-hybridized carbons (Fsp3) is 0.632. The average molecular weight is 473 g/mol. The maximum atomic E-state index is 13.4. The van der Waals surface area contributed by atoms with Crippen LogP contribution < -0.4 is 5.32 Å². The Labute approximate surface area is 176 Å². The minimum atomic E-state index is -3.75. The second-order valence-electron chi connectivity index (χ2n) is 7.31. The molecule has 156 valence electrons. The van der Waals surface area contributed by atoms with Crippen molar-refractivity contribution < 1.29 is 13.2 Å². The van der Waals surface area contributed by atoms with E-state index in [1.165, 1.54) is 4.31 Å². The quantitative estimate of drug-likeness (QED) is 0.648. The third-order valence-electron chi connectivity index (χ3n) is 5.55. The summed E-state index contributed by atoms with van der Waals surface area (Å²) in [5, 5.41) is 3.22. The van der Waals surface area contributed by atoms with E-state index in [0.717, 1.165) is 43.5 Å². The summed E-state index contributed by atoms with van der Waals surface area (Å²) in [6.45, 7) is 6.95. The normalized spacial score (nSPS) is 21.4. The SMILES string of the molecule is CCN1CCCC1CN(CC(=O)N1CCNCC1)S(=O)(=O)c1ccc(Br)cc1. The predicted octanol–water partition coefficient (Wildman–Crippen LogP) is 1.36. The highest BCUT2D eigenvalue weighted by Crippen LogP contribution is 2.23. The van der Waals surface area contributed by atoms with Crippen molar-refractivity contribution in [2.24, 2.45) is 0 Å². The summed E-state index contributed by atoms with van der Waals surface area (Å²) < 4.78 is 28.9. The van der Waals surface area contributed by atoms with Crippen LogP contribution in [-0.4, -0.2) is 86.8 Å². The molecule has 1 atom stereocenters. The molecule has 1 N–H and O–H groups in total. The van der Waals surface area contributed by atoms with Crippen LogP contribution in [0.1, 0.15) is 19.8 Å². The van der Waals surface area contributed by atoms with Crippen molar-refractivity contribution in [1.29, 1.82) is 0 Å². The maximum absolute atomic E-state index is 13.4. The molecular weight excluding hydrogens is 444 g/mol. The lowest BCUT2D eigenvalue weighted by atomic mass is 10.2. The minimum absolute atomic E-state index is 0.105. The Kier molecular flexibility index (Phi) is 7.49. The lowest BCUT2D eigenvalue weighted by molar-refractivity contribution is -0.132. The second-order valence-corrected chi connectivity index (χ2v) is 10.2. The fourth-order valence-corrected chi connectivity index (χ4v) is 5.61. The molecule has 3 rings (SSSR count). The van der Waals surface area contributed by atoms with Crippen molar-refractivity contribution in [3.63, 3.8) is 0 Å². The Morgan fingerprint density at radius 1 is 1.21 bits per heavy atom. The van der Waals surface area contributed by atoms with E-state index in [2.05, 4.69) is 33.1 Å². The average Bonchev–Trinajstić information content (AvgIpc) is 3.15. The molecule has 0 saturated carbocycles. The van der Waals surface area contributed by atoms with Crippen LogP contribution in [0.3, 0.4) is 0 Å². The molecule has 0 spiro atoms. The molecule has 2 fully saturated rings. The first-order valence-electron chi connectivity index (χ1n) is 9.90. The van der Waals surface area contributed by atoms with Crippen LogP contribution in [0, 0.1) is 0 Å². The maximum Gasteiger partial charge on any atom is 0.243 e. The number of carbonyl (C=O) groups excluding carboxylic acids is 1.